The van der Waals surface area contributed by atoms with Gasteiger partial charge in [0.25, 0.3) is 5.82 Å². The van der Waals surface area contributed by atoms with Crippen LogP contribution in [-0.4, -0.2) is 15.2 Å². The van der Waals surface area contributed by atoms with Crippen LogP contribution >= 0.6 is 0 Å². The first-order chi connectivity index (χ1) is 4.74. The molecule has 1 rings (SSSR count). The summed E-state index contributed by atoms with van der Waals surface area (Å²) in [4.78, 5) is 3.22. The van der Waals surface area contributed by atoms with Gasteiger partial charge in [-0.3, -0.25) is 4.98 Å². The minimum Gasteiger partial charge on any atom is -0.250 e. The van der Waals surface area contributed by atoms with Crippen molar-refractivity contribution >= 4 is 15.6 Å². The molecule has 0 aliphatic heterocycles. The van der Waals surface area contributed by atoms with E-state index < -0.39 is 0 Å². The lowest BCUT2D eigenvalue weighted by Crippen LogP contribution is -2.30. The smallest absolute Gasteiger partial charge is 0.250 e. The molecule has 0 saturated heterocycles. The summed E-state index contributed by atoms with van der Waals surface area (Å²) in [5.41, 5.74) is 0. The highest BCUT2D eigenvalue weighted by atomic mass is 28.1. The van der Waals surface area contributed by atoms with E-state index in [9.17, 15) is 0 Å². The van der Waals surface area contributed by atoms with Gasteiger partial charge >= 0.3 is 0 Å². The topological polar surface area (TPSA) is 19.7 Å². The number of nitrogens with one attached hydrogen (secondary N) is 1. The van der Waals surface area contributed by atoms with Crippen LogP contribution in [0.2, 0.25) is 0 Å². The van der Waals surface area contributed by atoms with E-state index in [1.807, 2.05) is 13.2 Å². The van der Waals surface area contributed by atoms with Crippen LogP contribution in [0.3, 0.4) is 0 Å². The maximum Gasteiger partial charge on any atom is 0.253 e. The third kappa shape index (κ3) is 1.47. The molecule has 1 heterocycles. The molecule has 53 valence electrons. The van der Waals surface area contributed by atoms with Crippen molar-refractivity contribution in [3.05, 3.63) is 12.0 Å². The molecule has 1 aromatic rings. The summed E-state index contributed by atoms with van der Waals surface area (Å²) in [6, 6.07) is 0. The molecule has 0 saturated carbocycles. The number of aromatic amines is 1. The number of aromatic nitrogens is 2. The predicted octanol–water partition coefficient (Wildman–Crippen LogP) is -0.415. The van der Waals surface area contributed by atoms with Gasteiger partial charge in [0.2, 0.25) is 0 Å². The van der Waals surface area contributed by atoms with Crippen molar-refractivity contribution in [1.29, 1.82) is 0 Å². The summed E-state index contributed by atoms with van der Waals surface area (Å²) in [6.45, 7) is 2.17. The van der Waals surface area contributed by atoms with Gasteiger partial charge in [0, 0.05) is 6.42 Å². The van der Waals surface area contributed by atoms with E-state index in [-0.39, 0.29) is 0 Å². The Balaban J connectivity index is 2.81. The lowest BCUT2D eigenvalue weighted by atomic mass is 10.3. The van der Waals surface area contributed by atoms with Crippen LogP contribution in [0.5, 0.6) is 0 Å². The quantitative estimate of drug-likeness (QED) is 0.439. The number of nitrogens with zero attached hydrogens (tertiary/aromatic N) is 1. The van der Waals surface area contributed by atoms with Crippen LogP contribution in [0.1, 0.15) is 19.2 Å². The van der Waals surface area contributed by atoms with Gasteiger partial charge in [0.15, 0.2) is 0 Å². The third-order valence-corrected chi connectivity index (χ3v) is 1.77. The Kier molecular flexibility index (Phi) is 2.27. The zero-order chi connectivity index (χ0) is 7.56. The number of aryl methyl sites for hydroxylation is 2. The predicted molar refractivity (Wildman–Crippen MR) is 41.4 cm³/mol. The fourth-order valence-corrected chi connectivity index (χ4v) is 1.36. The highest BCUT2D eigenvalue weighted by molar-refractivity contribution is 6.30. The van der Waals surface area contributed by atoms with E-state index in [0.29, 0.717) is 0 Å². The Bertz CT molecular complexity index is 217. The molecule has 0 fully saturated rings. The highest BCUT2D eigenvalue weighted by Crippen LogP contribution is 1.88. The number of hydrogen-bond donors (Lipinski definition) is 1. The minimum absolute atomic E-state index is 1.05. The van der Waals surface area contributed by atoms with E-state index >= 15 is 0 Å². The molecule has 0 aliphatic rings. The summed E-state index contributed by atoms with van der Waals surface area (Å²) in [5.74, 6) is 1.27. The number of H-pyrrole nitrogens is 1. The second-order valence-electron chi connectivity index (χ2n) is 2.48. The maximum atomic E-state index is 3.42. The zero-order valence-corrected chi connectivity index (χ0v) is 7.44. The second-order valence-corrected chi connectivity index (χ2v) is 3.01. The molecule has 0 spiro atoms. The van der Waals surface area contributed by atoms with E-state index in [1.54, 1.807) is 0 Å². The van der Waals surface area contributed by atoms with Crippen molar-refractivity contribution in [2.45, 2.75) is 19.8 Å². The Morgan fingerprint density at radius 1 is 1.70 bits per heavy atom. The molecule has 2 nitrogen and oxygen atoms in total. The molecular weight excluding hydrogens is 140 g/mol. The fourth-order valence-electron chi connectivity index (χ4n) is 1.02. The monoisotopic (exact) mass is 152 g/mol. The fraction of sp³-hybridized carbons (Fsp3) is 0.571. The van der Waals surface area contributed by atoms with Crippen molar-refractivity contribution in [2.75, 3.05) is 0 Å². The molecule has 10 heavy (non-hydrogen) atoms. The van der Waals surface area contributed by atoms with Crippen LogP contribution in [0.4, 0.5) is 0 Å². The van der Waals surface area contributed by atoms with Gasteiger partial charge in [0.05, 0.1) is 7.05 Å². The molecule has 0 aromatic carbocycles. The van der Waals surface area contributed by atoms with Gasteiger partial charge in [-0.2, -0.15) is 0 Å². The Labute approximate surface area is 64.7 Å². The average molecular weight is 152 g/mol. The molecule has 0 amide bonds. The normalized spacial score (nSPS) is 10.3. The Morgan fingerprint density at radius 3 is 2.80 bits per heavy atom. The van der Waals surface area contributed by atoms with Crippen LogP contribution < -0.4 is 9.88 Å². The first kappa shape index (κ1) is 7.53. The van der Waals surface area contributed by atoms with Gasteiger partial charge < -0.3 is 0 Å². The summed E-state index contributed by atoms with van der Waals surface area (Å²) in [5, 5.41) is 1.05. The molecule has 0 bridgehead atoms. The number of hydrogen-bond acceptors (Lipinski definition) is 0. The number of imidazole rings is 1. The van der Waals surface area contributed by atoms with Crippen LogP contribution in [0.25, 0.3) is 0 Å². The van der Waals surface area contributed by atoms with E-state index in [4.69, 9.17) is 0 Å². The summed E-state index contributed by atoms with van der Waals surface area (Å²) < 4.78 is 2.10. The van der Waals surface area contributed by atoms with Gasteiger partial charge in [-0.05, 0) is 6.42 Å². The molecule has 0 unspecified atom stereocenters. The third-order valence-electron chi connectivity index (χ3n) is 1.51. The first-order valence-electron chi connectivity index (χ1n) is 3.53. The summed E-state index contributed by atoms with van der Waals surface area (Å²) in [6.07, 6.45) is 4.32. The molecule has 0 aliphatic carbocycles. The van der Waals surface area contributed by atoms with Crippen molar-refractivity contribution < 1.29 is 4.57 Å². The van der Waals surface area contributed by atoms with Crippen LogP contribution in [0, 0.1) is 0 Å². The Hall–Kier alpha value is -0.573. The SMILES string of the molecule is CCCc1[nH]c([Si])c[n+]1C. The molecule has 0 atom stereocenters. The maximum absolute atomic E-state index is 3.42. The van der Waals surface area contributed by atoms with Crippen LogP contribution in [0.15, 0.2) is 6.20 Å². The molecule has 3 heteroatoms. The lowest BCUT2D eigenvalue weighted by molar-refractivity contribution is -0.677. The minimum atomic E-state index is 1.05. The van der Waals surface area contributed by atoms with Gasteiger partial charge in [-0.15, -0.1) is 0 Å². The second kappa shape index (κ2) is 3.01. The average Bonchev–Trinajstić information content (AvgIpc) is 2.13. The zero-order valence-electron chi connectivity index (χ0n) is 6.44. The van der Waals surface area contributed by atoms with Crippen molar-refractivity contribution in [1.82, 2.24) is 4.98 Å². The first-order valence-corrected chi connectivity index (χ1v) is 4.03. The van der Waals surface area contributed by atoms with E-state index in [0.717, 1.165) is 11.7 Å². The Morgan fingerprint density at radius 2 is 2.40 bits per heavy atom. The summed E-state index contributed by atoms with van der Waals surface area (Å²) >= 11 is 0. The van der Waals surface area contributed by atoms with E-state index in [2.05, 4.69) is 26.7 Å². The molecule has 3 radical (unpaired) electrons. The van der Waals surface area contributed by atoms with Gasteiger partial charge in [-0.1, -0.05) is 6.92 Å². The van der Waals surface area contributed by atoms with Gasteiger partial charge in [-0.25, -0.2) is 4.57 Å². The largest absolute Gasteiger partial charge is 0.253 e. The van der Waals surface area contributed by atoms with Crippen molar-refractivity contribution in [3.63, 3.8) is 0 Å². The molecular formula is C7H12N2Si+. The van der Waals surface area contributed by atoms with Crippen LogP contribution in [-0.2, 0) is 13.5 Å². The lowest BCUT2D eigenvalue weighted by Gasteiger charge is -1.88. The van der Waals surface area contributed by atoms with Crippen molar-refractivity contribution in [2.24, 2.45) is 7.05 Å². The van der Waals surface area contributed by atoms with Gasteiger partial charge in [0.1, 0.15) is 21.8 Å². The highest BCUT2D eigenvalue weighted by Gasteiger charge is 2.06. The standard InChI is InChI=1S/C7H11N2Si/c1-3-4-6-8-7(10)5-9(6)2/h5H,3-4H2,1-2H3/p+1. The van der Waals surface area contributed by atoms with Crippen molar-refractivity contribution in [3.8, 4) is 0 Å². The van der Waals surface area contributed by atoms with E-state index in [1.165, 1.54) is 12.2 Å². The number of rotatable bonds is 2. The molecule has 1 N–H and O–H groups in total. The molecule has 1 aromatic heterocycles. The summed E-state index contributed by atoms with van der Waals surface area (Å²) in [7, 11) is 5.47.